The van der Waals surface area contributed by atoms with Gasteiger partial charge < -0.3 is 4.98 Å². The van der Waals surface area contributed by atoms with Crippen molar-refractivity contribution in [3.63, 3.8) is 0 Å². The Balaban J connectivity index is 1.62. The standard InChI is InChI=1S/C19H22F2N4S/c1-4-19(2,3)10-13-11-22-16(23-13)7-8-17-24-25-18(26-17)12-5-6-14(20)15(21)9-12/h5-6,9,11H,4,7-8,10H2,1-3H3,(H,22,23). The number of nitrogens with zero attached hydrogens (tertiary/aromatic N) is 3. The van der Waals surface area contributed by atoms with Gasteiger partial charge in [0.15, 0.2) is 11.6 Å². The van der Waals surface area contributed by atoms with E-state index in [2.05, 4.69) is 40.9 Å². The number of aryl methyl sites for hydroxylation is 2. The SMILES string of the molecule is CCC(C)(C)Cc1cnc(CCc2nnc(-c3ccc(F)c(F)c3)s2)[nH]1. The molecular weight excluding hydrogens is 354 g/mol. The molecule has 26 heavy (non-hydrogen) atoms. The molecule has 3 aromatic rings. The summed E-state index contributed by atoms with van der Waals surface area (Å²) in [6.45, 7) is 6.68. The molecule has 0 fully saturated rings. The first-order valence-electron chi connectivity index (χ1n) is 8.67. The fourth-order valence-corrected chi connectivity index (χ4v) is 3.42. The van der Waals surface area contributed by atoms with E-state index in [1.807, 2.05) is 6.20 Å². The summed E-state index contributed by atoms with van der Waals surface area (Å²) in [5.41, 5.74) is 1.93. The third kappa shape index (κ3) is 4.52. The van der Waals surface area contributed by atoms with E-state index in [4.69, 9.17) is 0 Å². The fraction of sp³-hybridized carbons (Fsp3) is 0.421. The highest BCUT2D eigenvalue weighted by Crippen LogP contribution is 2.26. The predicted molar refractivity (Wildman–Crippen MR) is 99.0 cm³/mol. The van der Waals surface area contributed by atoms with Gasteiger partial charge >= 0.3 is 0 Å². The van der Waals surface area contributed by atoms with Gasteiger partial charge in [-0.2, -0.15) is 0 Å². The Morgan fingerprint density at radius 3 is 2.65 bits per heavy atom. The second-order valence-electron chi connectivity index (χ2n) is 7.18. The van der Waals surface area contributed by atoms with Crippen molar-refractivity contribution in [2.24, 2.45) is 5.41 Å². The van der Waals surface area contributed by atoms with Crippen molar-refractivity contribution >= 4 is 11.3 Å². The molecular formula is C19H22F2N4S. The van der Waals surface area contributed by atoms with E-state index >= 15 is 0 Å². The minimum absolute atomic E-state index is 0.252. The Kier molecular flexibility index (Phi) is 5.46. The second kappa shape index (κ2) is 7.61. The van der Waals surface area contributed by atoms with Gasteiger partial charge in [0.25, 0.3) is 0 Å². The van der Waals surface area contributed by atoms with Gasteiger partial charge in [0.2, 0.25) is 0 Å². The van der Waals surface area contributed by atoms with Crippen LogP contribution in [-0.4, -0.2) is 20.2 Å². The summed E-state index contributed by atoms with van der Waals surface area (Å²) in [5.74, 6) is -0.813. The minimum atomic E-state index is -0.877. The Labute approximate surface area is 155 Å². The third-order valence-corrected chi connectivity index (χ3v) is 5.55. The van der Waals surface area contributed by atoms with Crippen molar-refractivity contribution in [2.75, 3.05) is 0 Å². The van der Waals surface area contributed by atoms with Gasteiger partial charge in [0, 0.05) is 30.3 Å². The normalized spacial score (nSPS) is 11.9. The van der Waals surface area contributed by atoms with E-state index in [9.17, 15) is 8.78 Å². The minimum Gasteiger partial charge on any atom is -0.346 e. The number of H-pyrrole nitrogens is 1. The first-order chi connectivity index (χ1) is 12.4. The number of aromatic nitrogens is 4. The smallest absolute Gasteiger partial charge is 0.159 e. The molecule has 138 valence electrons. The average Bonchev–Trinajstić information content (AvgIpc) is 3.24. The van der Waals surface area contributed by atoms with E-state index in [0.29, 0.717) is 17.0 Å². The molecule has 0 aliphatic heterocycles. The number of halogens is 2. The molecule has 1 N–H and O–H groups in total. The summed E-state index contributed by atoms with van der Waals surface area (Å²) in [6, 6.07) is 3.76. The molecule has 2 heterocycles. The maximum atomic E-state index is 13.4. The van der Waals surface area contributed by atoms with Crippen LogP contribution in [0.15, 0.2) is 24.4 Å². The van der Waals surface area contributed by atoms with Crippen LogP contribution in [0, 0.1) is 17.0 Å². The maximum absolute atomic E-state index is 13.4. The van der Waals surface area contributed by atoms with Crippen LogP contribution in [0.2, 0.25) is 0 Å². The molecule has 0 saturated heterocycles. The lowest BCUT2D eigenvalue weighted by Crippen LogP contribution is -2.13. The van der Waals surface area contributed by atoms with Crippen molar-refractivity contribution in [1.82, 2.24) is 20.2 Å². The number of nitrogens with one attached hydrogen (secondary N) is 1. The Morgan fingerprint density at radius 1 is 1.12 bits per heavy atom. The van der Waals surface area contributed by atoms with E-state index in [-0.39, 0.29) is 5.41 Å². The van der Waals surface area contributed by atoms with E-state index in [0.717, 1.165) is 47.9 Å². The maximum Gasteiger partial charge on any atom is 0.159 e. The lowest BCUT2D eigenvalue weighted by Gasteiger charge is -2.21. The number of hydrogen-bond donors (Lipinski definition) is 1. The highest BCUT2D eigenvalue weighted by atomic mass is 32.1. The summed E-state index contributed by atoms with van der Waals surface area (Å²) in [7, 11) is 0. The van der Waals surface area contributed by atoms with Gasteiger partial charge in [-0.15, -0.1) is 10.2 Å². The van der Waals surface area contributed by atoms with Gasteiger partial charge in [-0.1, -0.05) is 38.5 Å². The predicted octanol–water partition coefficient (Wildman–Crippen LogP) is 4.97. The summed E-state index contributed by atoms with van der Waals surface area (Å²) in [4.78, 5) is 7.83. The molecule has 0 spiro atoms. The quantitative estimate of drug-likeness (QED) is 0.633. The van der Waals surface area contributed by atoms with Crippen LogP contribution < -0.4 is 0 Å². The Hall–Kier alpha value is -2.15. The van der Waals surface area contributed by atoms with Gasteiger partial charge in [-0.25, -0.2) is 13.8 Å². The van der Waals surface area contributed by atoms with Crippen molar-refractivity contribution < 1.29 is 8.78 Å². The lowest BCUT2D eigenvalue weighted by atomic mass is 9.85. The first-order valence-corrected chi connectivity index (χ1v) is 9.48. The van der Waals surface area contributed by atoms with Crippen LogP contribution in [0.25, 0.3) is 10.6 Å². The summed E-state index contributed by atoms with van der Waals surface area (Å²) in [6.07, 6.45) is 5.42. The van der Waals surface area contributed by atoms with Crippen LogP contribution in [0.4, 0.5) is 8.78 Å². The second-order valence-corrected chi connectivity index (χ2v) is 8.24. The molecule has 0 unspecified atom stereocenters. The molecule has 0 saturated carbocycles. The average molecular weight is 376 g/mol. The molecule has 0 aliphatic carbocycles. The molecule has 4 nitrogen and oxygen atoms in total. The number of benzene rings is 1. The van der Waals surface area contributed by atoms with E-state index < -0.39 is 11.6 Å². The van der Waals surface area contributed by atoms with E-state index in [1.165, 1.54) is 17.4 Å². The molecule has 0 bridgehead atoms. The fourth-order valence-electron chi connectivity index (χ4n) is 2.59. The van der Waals surface area contributed by atoms with Crippen LogP contribution in [-0.2, 0) is 19.3 Å². The summed E-state index contributed by atoms with van der Waals surface area (Å²) in [5, 5.41) is 9.66. The zero-order valence-corrected chi connectivity index (χ0v) is 16.0. The third-order valence-electron chi connectivity index (χ3n) is 4.52. The molecule has 0 amide bonds. The monoisotopic (exact) mass is 376 g/mol. The van der Waals surface area contributed by atoms with Crippen molar-refractivity contribution in [2.45, 2.75) is 46.5 Å². The topological polar surface area (TPSA) is 54.5 Å². The van der Waals surface area contributed by atoms with Crippen molar-refractivity contribution in [1.29, 1.82) is 0 Å². The van der Waals surface area contributed by atoms with Gasteiger partial charge in [-0.3, -0.25) is 0 Å². The molecule has 2 aromatic heterocycles. The van der Waals surface area contributed by atoms with Crippen LogP contribution >= 0.6 is 11.3 Å². The molecule has 1 aromatic carbocycles. The Bertz CT molecular complexity index is 885. The van der Waals surface area contributed by atoms with Crippen LogP contribution in [0.1, 0.15) is 43.7 Å². The van der Waals surface area contributed by atoms with Gasteiger partial charge in [-0.05, 0) is 30.0 Å². The Morgan fingerprint density at radius 2 is 1.92 bits per heavy atom. The van der Waals surface area contributed by atoms with Crippen molar-refractivity contribution in [3.8, 4) is 10.6 Å². The van der Waals surface area contributed by atoms with Crippen LogP contribution in [0.5, 0.6) is 0 Å². The summed E-state index contributed by atoms with van der Waals surface area (Å²) >= 11 is 1.39. The van der Waals surface area contributed by atoms with Crippen molar-refractivity contribution in [3.05, 3.63) is 52.6 Å². The van der Waals surface area contributed by atoms with Crippen LogP contribution in [0.3, 0.4) is 0 Å². The van der Waals surface area contributed by atoms with E-state index in [1.54, 1.807) is 0 Å². The largest absolute Gasteiger partial charge is 0.346 e. The molecule has 0 aliphatic rings. The van der Waals surface area contributed by atoms with Gasteiger partial charge in [0.05, 0.1) is 0 Å². The highest BCUT2D eigenvalue weighted by molar-refractivity contribution is 7.14. The zero-order valence-electron chi connectivity index (χ0n) is 15.1. The molecule has 3 rings (SSSR count). The number of hydrogen-bond acceptors (Lipinski definition) is 4. The molecule has 0 atom stereocenters. The molecule has 7 heteroatoms. The number of aromatic amines is 1. The summed E-state index contributed by atoms with van der Waals surface area (Å²) < 4.78 is 26.4. The zero-order chi connectivity index (χ0) is 18.7. The molecule has 0 radical (unpaired) electrons. The van der Waals surface area contributed by atoms with Gasteiger partial charge in [0.1, 0.15) is 15.8 Å². The number of rotatable bonds is 7. The number of imidazole rings is 1. The first kappa shape index (κ1) is 18.6. The highest BCUT2D eigenvalue weighted by Gasteiger charge is 2.17. The lowest BCUT2D eigenvalue weighted by molar-refractivity contribution is 0.346.